The SMILES string of the molecule is Cn1nc(-c2nn(C)c(=NCCS)s2)sc1=NCCS. The van der Waals surface area contributed by atoms with Crippen LogP contribution >= 0.6 is 47.9 Å². The molecule has 2 rings (SSSR count). The number of aryl methyl sites for hydroxylation is 2. The zero-order valence-electron chi connectivity index (χ0n) is 11.2. The highest BCUT2D eigenvalue weighted by molar-refractivity contribution is 7.80. The molecule has 0 bridgehead atoms. The topological polar surface area (TPSA) is 60.4 Å². The third kappa shape index (κ3) is 3.74. The van der Waals surface area contributed by atoms with Crippen LogP contribution in [0.5, 0.6) is 0 Å². The number of rotatable bonds is 5. The zero-order chi connectivity index (χ0) is 14.5. The van der Waals surface area contributed by atoms with Gasteiger partial charge in [-0.05, 0) is 0 Å². The molecule has 2 aromatic rings. The molecular formula is C10H16N6S4. The van der Waals surface area contributed by atoms with Gasteiger partial charge < -0.3 is 0 Å². The van der Waals surface area contributed by atoms with Crippen LogP contribution in [0.25, 0.3) is 10.0 Å². The van der Waals surface area contributed by atoms with Gasteiger partial charge in [-0.25, -0.2) is 9.36 Å². The van der Waals surface area contributed by atoms with Crippen molar-refractivity contribution in [1.82, 2.24) is 19.6 Å². The van der Waals surface area contributed by atoms with Crippen molar-refractivity contribution < 1.29 is 0 Å². The first kappa shape index (κ1) is 15.8. The zero-order valence-corrected chi connectivity index (χ0v) is 14.6. The van der Waals surface area contributed by atoms with Gasteiger partial charge in [0, 0.05) is 25.6 Å². The van der Waals surface area contributed by atoms with Crippen molar-refractivity contribution in [1.29, 1.82) is 0 Å². The summed E-state index contributed by atoms with van der Waals surface area (Å²) in [4.78, 5) is 10.6. The first-order valence-electron chi connectivity index (χ1n) is 5.97. The van der Waals surface area contributed by atoms with Crippen molar-refractivity contribution in [3.8, 4) is 10.0 Å². The van der Waals surface area contributed by atoms with Gasteiger partial charge in [0.15, 0.2) is 10.0 Å². The Morgan fingerprint density at radius 3 is 1.65 bits per heavy atom. The highest BCUT2D eigenvalue weighted by Crippen LogP contribution is 2.18. The molecule has 110 valence electrons. The van der Waals surface area contributed by atoms with E-state index >= 15 is 0 Å². The minimum Gasteiger partial charge on any atom is -0.257 e. The lowest BCUT2D eigenvalue weighted by Crippen LogP contribution is -2.12. The van der Waals surface area contributed by atoms with E-state index in [2.05, 4.69) is 45.4 Å². The van der Waals surface area contributed by atoms with Gasteiger partial charge in [0.05, 0.1) is 13.1 Å². The molecule has 0 unspecified atom stereocenters. The Hall–Kier alpha value is -0.580. The molecule has 0 radical (unpaired) electrons. The molecule has 6 nitrogen and oxygen atoms in total. The number of nitrogens with zero attached hydrogens (tertiary/aromatic N) is 6. The van der Waals surface area contributed by atoms with Crippen molar-refractivity contribution in [2.75, 3.05) is 24.6 Å². The second kappa shape index (κ2) is 7.43. The fourth-order valence-corrected chi connectivity index (χ4v) is 3.47. The standard InChI is InChI=1S/C10H16N6S4/c1-15-9(11-3-5-17)19-7(13-15)8-14-16(2)10(20-8)12-4-6-18/h17-18H,3-6H2,1-2H3. The summed E-state index contributed by atoms with van der Waals surface area (Å²) in [6.07, 6.45) is 0. The Balaban J connectivity index is 2.38. The predicted molar refractivity (Wildman–Crippen MR) is 89.7 cm³/mol. The van der Waals surface area contributed by atoms with Crippen LogP contribution in [0.3, 0.4) is 0 Å². The van der Waals surface area contributed by atoms with Crippen LogP contribution in [0.4, 0.5) is 0 Å². The monoisotopic (exact) mass is 348 g/mol. The molecule has 0 N–H and O–H groups in total. The second-order valence-electron chi connectivity index (χ2n) is 3.84. The Morgan fingerprint density at radius 1 is 0.900 bits per heavy atom. The molecule has 0 aliphatic rings. The summed E-state index contributed by atoms with van der Waals surface area (Å²) in [5, 5.41) is 10.6. The van der Waals surface area contributed by atoms with E-state index in [9.17, 15) is 0 Å². The summed E-state index contributed by atoms with van der Waals surface area (Å²) in [5.74, 6) is 1.46. The molecule has 0 saturated carbocycles. The van der Waals surface area contributed by atoms with Gasteiger partial charge >= 0.3 is 0 Å². The van der Waals surface area contributed by atoms with Crippen molar-refractivity contribution in [3.63, 3.8) is 0 Å². The molecule has 20 heavy (non-hydrogen) atoms. The van der Waals surface area contributed by atoms with E-state index in [1.165, 1.54) is 22.7 Å². The highest BCUT2D eigenvalue weighted by atomic mass is 32.1. The molecular weight excluding hydrogens is 332 g/mol. The first-order chi connectivity index (χ1) is 9.65. The minimum absolute atomic E-state index is 0.687. The van der Waals surface area contributed by atoms with Crippen molar-refractivity contribution in [2.45, 2.75) is 0 Å². The second-order valence-corrected chi connectivity index (χ2v) is 6.64. The van der Waals surface area contributed by atoms with E-state index in [1.54, 1.807) is 9.36 Å². The lowest BCUT2D eigenvalue weighted by molar-refractivity contribution is 0.710. The van der Waals surface area contributed by atoms with Crippen molar-refractivity contribution in [2.24, 2.45) is 24.1 Å². The maximum Gasteiger partial charge on any atom is 0.203 e. The normalized spacial score (nSPS) is 13.4. The maximum absolute atomic E-state index is 4.46. The summed E-state index contributed by atoms with van der Waals surface area (Å²) in [6.45, 7) is 1.37. The van der Waals surface area contributed by atoms with Crippen molar-refractivity contribution in [3.05, 3.63) is 9.60 Å². The van der Waals surface area contributed by atoms with Gasteiger partial charge in [0.2, 0.25) is 9.60 Å². The Bertz CT molecular complexity index is 631. The van der Waals surface area contributed by atoms with E-state index < -0.39 is 0 Å². The molecule has 0 aliphatic carbocycles. The largest absolute Gasteiger partial charge is 0.257 e. The smallest absolute Gasteiger partial charge is 0.203 e. The third-order valence-electron chi connectivity index (χ3n) is 2.29. The highest BCUT2D eigenvalue weighted by Gasteiger charge is 2.10. The van der Waals surface area contributed by atoms with Crippen LogP contribution in [0.2, 0.25) is 0 Å². The molecule has 0 aromatic carbocycles. The quantitative estimate of drug-likeness (QED) is 0.778. The van der Waals surface area contributed by atoms with Gasteiger partial charge in [-0.15, -0.1) is 0 Å². The maximum atomic E-state index is 4.46. The number of thiol groups is 2. The number of aromatic nitrogens is 4. The Morgan fingerprint density at radius 2 is 1.30 bits per heavy atom. The molecule has 10 heteroatoms. The minimum atomic E-state index is 0.687. The van der Waals surface area contributed by atoms with E-state index in [1.807, 2.05) is 14.1 Å². The van der Waals surface area contributed by atoms with Crippen LogP contribution in [-0.2, 0) is 14.1 Å². The van der Waals surface area contributed by atoms with Gasteiger partial charge in [-0.1, -0.05) is 22.7 Å². The lowest BCUT2D eigenvalue weighted by Gasteiger charge is -1.87. The fraction of sp³-hybridized carbons (Fsp3) is 0.600. The first-order valence-corrected chi connectivity index (χ1v) is 8.87. The third-order valence-corrected chi connectivity index (χ3v) is 4.91. The van der Waals surface area contributed by atoms with E-state index in [-0.39, 0.29) is 0 Å². The van der Waals surface area contributed by atoms with Crippen LogP contribution in [0.1, 0.15) is 0 Å². The fourth-order valence-electron chi connectivity index (χ4n) is 1.44. The molecule has 0 amide bonds. The number of hydrogen-bond donors (Lipinski definition) is 2. The van der Waals surface area contributed by atoms with E-state index in [0.717, 1.165) is 31.1 Å². The van der Waals surface area contributed by atoms with Crippen LogP contribution in [-0.4, -0.2) is 44.2 Å². The molecule has 0 aliphatic heterocycles. The molecule has 2 aromatic heterocycles. The molecule has 0 saturated heterocycles. The summed E-state index contributed by atoms with van der Waals surface area (Å²) < 4.78 is 3.55. The van der Waals surface area contributed by atoms with Gasteiger partial charge in [-0.2, -0.15) is 35.5 Å². The number of hydrogen-bond acceptors (Lipinski definition) is 8. The van der Waals surface area contributed by atoms with Gasteiger partial charge in [0.1, 0.15) is 0 Å². The lowest BCUT2D eigenvalue weighted by atomic mass is 10.8. The average molecular weight is 349 g/mol. The van der Waals surface area contributed by atoms with Gasteiger partial charge in [-0.3, -0.25) is 9.98 Å². The van der Waals surface area contributed by atoms with Crippen LogP contribution in [0, 0.1) is 0 Å². The summed E-state index contributed by atoms with van der Waals surface area (Å²) in [6, 6.07) is 0. The Labute approximate surface area is 135 Å². The molecule has 2 heterocycles. The summed E-state index contributed by atoms with van der Waals surface area (Å²) in [7, 11) is 3.77. The Kier molecular flexibility index (Phi) is 5.87. The molecule has 0 atom stereocenters. The summed E-state index contributed by atoms with van der Waals surface area (Å²) in [5.41, 5.74) is 0. The van der Waals surface area contributed by atoms with E-state index in [0.29, 0.717) is 13.1 Å². The molecule has 0 fully saturated rings. The van der Waals surface area contributed by atoms with Gasteiger partial charge in [0.25, 0.3) is 0 Å². The van der Waals surface area contributed by atoms with Crippen LogP contribution in [0.15, 0.2) is 9.98 Å². The van der Waals surface area contributed by atoms with E-state index in [4.69, 9.17) is 0 Å². The predicted octanol–water partition coefficient (Wildman–Crippen LogP) is 0.605. The average Bonchev–Trinajstić information content (AvgIpc) is 2.98. The molecule has 0 spiro atoms. The van der Waals surface area contributed by atoms with Crippen molar-refractivity contribution >= 4 is 47.9 Å². The van der Waals surface area contributed by atoms with Crippen LogP contribution < -0.4 is 9.60 Å². The summed E-state index contributed by atoms with van der Waals surface area (Å²) >= 11 is 11.4.